The van der Waals surface area contributed by atoms with Crippen LogP contribution in [-0.2, 0) is 9.53 Å². The van der Waals surface area contributed by atoms with Gasteiger partial charge in [0.2, 0.25) is 0 Å². The molecule has 2 atom stereocenters. The number of rotatable bonds is 2. The lowest BCUT2D eigenvalue weighted by Crippen LogP contribution is -2.22. The fraction of sp³-hybridized carbons (Fsp3) is 0.917. The first-order valence-electron chi connectivity index (χ1n) is 5.97. The maximum atomic E-state index is 11.8. The third-order valence-electron chi connectivity index (χ3n) is 3.84. The van der Waals surface area contributed by atoms with E-state index >= 15 is 0 Å². The van der Waals surface area contributed by atoms with Crippen LogP contribution in [0.1, 0.15) is 51.9 Å². The molecule has 0 radical (unpaired) electrons. The largest absolute Gasteiger partial charge is 0.466 e. The summed E-state index contributed by atoms with van der Waals surface area (Å²) in [6, 6.07) is 0. The Balaban J connectivity index is 1.97. The molecule has 2 aliphatic carbocycles. The average molecular weight is 196 g/mol. The molecule has 2 fully saturated rings. The van der Waals surface area contributed by atoms with Crippen molar-refractivity contribution in [2.75, 3.05) is 6.61 Å². The van der Waals surface area contributed by atoms with Gasteiger partial charge in [0.25, 0.3) is 0 Å². The third-order valence-corrected chi connectivity index (χ3v) is 3.84. The van der Waals surface area contributed by atoms with Crippen molar-refractivity contribution in [1.82, 2.24) is 0 Å². The van der Waals surface area contributed by atoms with E-state index < -0.39 is 0 Å². The number of hydrogen-bond donors (Lipinski definition) is 0. The summed E-state index contributed by atoms with van der Waals surface area (Å²) in [5.74, 6) is 0.744. The van der Waals surface area contributed by atoms with Gasteiger partial charge in [-0.25, -0.2) is 0 Å². The predicted octanol–water partition coefficient (Wildman–Crippen LogP) is 2.91. The molecule has 2 heteroatoms. The van der Waals surface area contributed by atoms with Crippen LogP contribution in [0.15, 0.2) is 0 Å². The highest BCUT2D eigenvalue weighted by Gasteiger charge is 2.59. The Labute approximate surface area is 86.0 Å². The number of esters is 1. The molecule has 2 nitrogen and oxygen atoms in total. The molecule has 0 aromatic rings. The van der Waals surface area contributed by atoms with Crippen molar-refractivity contribution in [3.05, 3.63) is 0 Å². The van der Waals surface area contributed by atoms with Crippen molar-refractivity contribution in [3.8, 4) is 0 Å². The van der Waals surface area contributed by atoms with E-state index in [9.17, 15) is 4.79 Å². The normalized spacial score (nSPS) is 36.5. The fourth-order valence-electron chi connectivity index (χ4n) is 2.88. The molecule has 14 heavy (non-hydrogen) atoms. The summed E-state index contributed by atoms with van der Waals surface area (Å²) in [6.07, 6.45) is 8.62. The van der Waals surface area contributed by atoms with Crippen LogP contribution in [0.4, 0.5) is 0 Å². The standard InChI is InChI=1S/C12H20O2/c1-2-14-11(13)12-8-6-4-3-5-7-10(12)9-12/h10H,2-9H2,1H3/t10-,12-/m0/s1. The van der Waals surface area contributed by atoms with Crippen molar-refractivity contribution >= 4 is 5.97 Å². The second kappa shape index (κ2) is 3.92. The molecular weight excluding hydrogens is 176 g/mol. The minimum Gasteiger partial charge on any atom is -0.466 e. The van der Waals surface area contributed by atoms with Crippen LogP contribution in [0.2, 0.25) is 0 Å². The van der Waals surface area contributed by atoms with Crippen molar-refractivity contribution in [3.63, 3.8) is 0 Å². The molecule has 2 rings (SSSR count). The van der Waals surface area contributed by atoms with Gasteiger partial charge in [-0.3, -0.25) is 4.79 Å². The van der Waals surface area contributed by atoms with Gasteiger partial charge in [-0.05, 0) is 32.1 Å². The molecule has 0 spiro atoms. The molecule has 0 aromatic heterocycles. The number of ether oxygens (including phenoxy) is 1. The lowest BCUT2D eigenvalue weighted by molar-refractivity contribution is -0.150. The zero-order valence-electron chi connectivity index (χ0n) is 9.05. The first kappa shape index (κ1) is 10.0. The third kappa shape index (κ3) is 1.67. The van der Waals surface area contributed by atoms with Gasteiger partial charge in [0.05, 0.1) is 12.0 Å². The Morgan fingerprint density at radius 1 is 1.36 bits per heavy atom. The Kier molecular flexibility index (Phi) is 2.80. The lowest BCUT2D eigenvalue weighted by Gasteiger charge is -2.18. The van der Waals surface area contributed by atoms with Gasteiger partial charge in [0, 0.05) is 0 Å². The molecular formula is C12H20O2. The highest BCUT2D eigenvalue weighted by Crippen LogP contribution is 2.60. The maximum absolute atomic E-state index is 11.8. The van der Waals surface area contributed by atoms with E-state index in [2.05, 4.69) is 0 Å². The van der Waals surface area contributed by atoms with E-state index in [1.807, 2.05) is 6.92 Å². The van der Waals surface area contributed by atoms with E-state index in [0.29, 0.717) is 12.5 Å². The Bertz CT molecular complexity index is 224. The van der Waals surface area contributed by atoms with Gasteiger partial charge in [-0.2, -0.15) is 0 Å². The van der Waals surface area contributed by atoms with Gasteiger partial charge in [0.1, 0.15) is 0 Å². The molecule has 0 amide bonds. The summed E-state index contributed by atoms with van der Waals surface area (Å²) in [7, 11) is 0. The number of fused-ring (bicyclic) bond motifs is 1. The number of hydrogen-bond acceptors (Lipinski definition) is 2. The molecule has 0 saturated heterocycles. The zero-order chi connectivity index (χ0) is 10.0. The average Bonchev–Trinajstić information content (AvgIpc) is 2.80. The molecule has 2 saturated carbocycles. The van der Waals surface area contributed by atoms with E-state index in [1.165, 1.54) is 32.1 Å². The topological polar surface area (TPSA) is 26.3 Å². The van der Waals surface area contributed by atoms with Crippen LogP contribution in [0, 0.1) is 11.3 Å². The summed E-state index contributed by atoms with van der Waals surface area (Å²) < 4.78 is 5.18. The van der Waals surface area contributed by atoms with Gasteiger partial charge < -0.3 is 4.74 Å². The second-order valence-electron chi connectivity index (χ2n) is 4.73. The van der Waals surface area contributed by atoms with Crippen LogP contribution in [0.5, 0.6) is 0 Å². The Morgan fingerprint density at radius 2 is 2.14 bits per heavy atom. The van der Waals surface area contributed by atoms with Crippen molar-refractivity contribution in [2.45, 2.75) is 51.9 Å². The molecule has 0 aromatic carbocycles. The van der Waals surface area contributed by atoms with Crippen LogP contribution >= 0.6 is 0 Å². The van der Waals surface area contributed by atoms with Crippen molar-refractivity contribution < 1.29 is 9.53 Å². The SMILES string of the molecule is CCOC(=O)[C@]12CCCCCC[C@H]1C2. The summed E-state index contributed by atoms with van der Waals surface area (Å²) in [5.41, 5.74) is -0.0313. The first-order chi connectivity index (χ1) is 6.79. The highest BCUT2D eigenvalue weighted by molar-refractivity contribution is 5.80. The van der Waals surface area contributed by atoms with Crippen LogP contribution in [0.3, 0.4) is 0 Å². The summed E-state index contributed by atoms with van der Waals surface area (Å²) in [4.78, 5) is 11.8. The maximum Gasteiger partial charge on any atom is 0.312 e. The lowest BCUT2D eigenvalue weighted by atomic mass is 9.90. The molecule has 0 N–H and O–H groups in total. The van der Waals surface area contributed by atoms with E-state index in [0.717, 1.165) is 12.8 Å². The second-order valence-corrected chi connectivity index (χ2v) is 4.73. The molecule has 0 aliphatic heterocycles. The Hall–Kier alpha value is -0.530. The van der Waals surface area contributed by atoms with Gasteiger partial charge in [0.15, 0.2) is 0 Å². The monoisotopic (exact) mass is 196 g/mol. The van der Waals surface area contributed by atoms with Crippen LogP contribution < -0.4 is 0 Å². The first-order valence-corrected chi connectivity index (χ1v) is 5.97. The predicted molar refractivity (Wildman–Crippen MR) is 54.9 cm³/mol. The van der Waals surface area contributed by atoms with E-state index in [-0.39, 0.29) is 11.4 Å². The van der Waals surface area contributed by atoms with Gasteiger partial charge >= 0.3 is 5.97 Å². The quantitative estimate of drug-likeness (QED) is 0.635. The zero-order valence-corrected chi connectivity index (χ0v) is 9.05. The molecule has 80 valence electrons. The summed E-state index contributed by atoms with van der Waals surface area (Å²) in [5, 5.41) is 0. The summed E-state index contributed by atoms with van der Waals surface area (Å²) in [6.45, 7) is 2.43. The highest BCUT2D eigenvalue weighted by atomic mass is 16.5. The molecule has 0 heterocycles. The molecule has 2 aliphatic rings. The minimum absolute atomic E-state index is 0.0313. The van der Waals surface area contributed by atoms with E-state index in [1.54, 1.807) is 0 Å². The van der Waals surface area contributed by atoms with Crippen LogP contribution in [-0.4, -0.2) is 12.6 Å². The Morgan fingerprint density at radius 3 is 2.93 bits per heavy atom. The van der Waals surface area contributed by atoms with E-state index in [4.69, 9.17) is 4.74 Å². The summed E-state index contributed by atoms with van der Waals surface area (Å²) >= 11 is 0. The molecule has 0 bridgehead atoms. The van der Waals surface area contributed by atoms with Crippen LogP contribution in [0.25, 0.3) is 0 Å². The van der Waals surface area contributed by atoms with Gasteiger partial charge in [-0.15, -0.1) is 0 Å². The number of carbonyl (C=O) groups excluding carboxylic acids is 1. The number of carbonyl (C=O) groups is 1. The van der Waals surface area contributed by atoms with Crippen molar-refractivity contribution in [1.29, 1.82) is 0 Å². The molecule has 0 unspecified atom stereocenters. The van der Waals surface area contributed by atoms with Gasteiger partial charge in [-0.1, -0.05) is 25.7 Å². The minimum atomic E-state index is -0.0313. The smallest absolute Gasteiger partial charge is 0.312 e. The fourth-order valence-corrected chi connectivity index (χ4v) is 2.88. The van der Waals surface area contributed by atoms with Crippen molar-refractivity contribution in [2.24, 2.45) is 11.3 Å².